The summed E-state index contributed by atoms with van der Waals surface area (Å²) in [5, 5.41) is 3.80. The zero-order valence-electron chi connectivity index (χ0n) is 19.3. The van der Waals surface area contributed by atoms with Crippen molar-refractivity contribution in [2.75, 3.05) is 13.1 Å². The molecule has 7 heteroatoms. The Hall–Kier alpha value is -3.38. The number of benzene rings is 2. The monoisotopic (exact) mass is 477 g/mol. The van der Waals surface area contributed by atoms with Crippen molar-refractivity contribution in [3.8, 4) is 5.75 Å². The molecule has 2 aromatic carbocycles. The number of aryl methyl sites for hydroxylation is 1. The number of hydrogen-bond acceptors (Lipinski definition) is 4. The van der Waals surface area contributed by atoms with Crippen molar-refractivity contribution in [2.24, 2.45) is 5.92 Å². The van der Waals surface area contributed by atoms with Gasteiger partial charge in [0.2, 0.25) is 0 Å². The Bertz CT molecular complexity index is 1140. The van der Waals surface area contributed by atoms with Gasteiger partial charge in [-0.05, 0) is 68.5 Å². The number of ether oxygens (including phenoxy) is 1. The molecule has 1 aliphatic rings. The van der Waals surface area contributed by atoms with Crippen LogP contribution in [0.5, 0.6) is 5.75 Å². The number of pyridine rings is 1. The molecule has 1 aliphatic heterocycles. The first-order chi connectivity index (χ1) is 16.4. The molecule has 4 rings (SSSR count). The normalized spacial score (nSPS) is 15.0. The summed E-state index contributed by atoms with van der Waals surface area (Å²) in [4.78, 5) is 31.7. The quantitative estimate of drug-likeness (QED) is 0.509. The Morgan fingerprint density at radius 1 is 1.03 bits per heavy atom. The van der Waals surface area contributed by atoms with E-state index in [9.17, 15) is 9.59 Å². The molecule has 0 unspecified atom stereocenters. The van der Waals surface area contributed by atoms with Crippen LogP contribution in [0.25, 0.3) is 0 Å². The van der Waals surface area contributed by atoms with E-state index in [0.717, 1.165) is 29.7 Å². The molecular weight excluding hydrogens is 450 g/mol. The van der Waals surface area contributed by atoms with Gasteiger partial charge in [0.05, 0.1) is 6.04 Å². The Morgan fingerprint density at radius 2 is 1.71 bits per heavy atom. The first-order valence-electron chi connectivity index (χ1n) is 11.4. The zero-order chi connectivity index (χ0) is 24.1. The van der Waals surface area contributed by atoms with Crippen LogP contribution >= 0.6 is 11.6 Å². The Balaban J connectivity index is 1.43. The molecular formula is C27H28ClN3O3. The predicted molar refractivity (Wildman–Crippen MR) is 132 cm³/mol. The number of nitrogens with one attached hydrogen (secondary N) is 1. The second-order valence-electron chi connectivity index (χ2n) is 8.58. The number of carbonyl (C=O) groups is 2. The van der Waals surface area contributed by atoms with Gasteiger partial charge in [-0.1, -0.05) is 41.9 Å². The highest BCUT2D eigenvalue weighted by Gasteiger charge is 2.31. The van der Waals surface area contributed by atoms with Crippen molar-refractivity contribution in [1.82, 2.24) is 15.2 Å². The number of halogens is 1. The maximum atomic E-state index is 13.0. The van der Waals surface area contributed by atoms with Crippen LogP contribution in [0.3, 0.4) is 0 Å². The minimum Gasteiger partial charge on any atom is -0.410 e. The van der Waals surface area contributed by atoms with Crippen LogP contribution in [0.1, 0.15) is 46.1 Å². The maximum Gasteiger partial charge on any atom is 0.415 e. The SMILES string of the molecule is Cc1nccc(OC(=O)N2CCC([C@H](NC(=O)c3ccc(Cl)cc3)c3ccccc3)CC2)c1C. The van der Waals surface area contributed by atoms with Gasteiger partial charge in [-0.25, -0.2) is 4.79 Å². The molecule has 1 atom stereocenters. The van der Waals surface area contributed by atoms with Crippen LogP contribution in [-0.4, -0.2) is 35.0 Å². The highest BCUT2D eigenvalue weighted by Crippen LogP contribution is 2.32. The first kappa shape index (κ1) is 23.8. The summed E-state index contributed by atoms with van der Waals surface area (Å²) < 4.78 is 5.64. The Morgan fingerprint density at radius 3 is 2.38 bits per heavy atom. The van der Waals surface area contributed by atoms with E-state index in [1.165, 1.54) is 0 Å². The van der Waals surface area contributed by atoms with E-state index in [0.29, 0.717) is 29.4 Å². The topological polar surface area (TPSA) is 71.5 Å². The third-order valence-electron chi connectivity index (χ3n) is 6.42. The molecule has 176 valence electrons. The minimum absolute atomic E-state index is 0.143. The lowest BCUT2D eigenvalue weighted by Gasteiger charge is -2.36. The summed E-state index contributed by atoms with van der Waals surface area (Å²) in [6.07, 6.45) is 2.80. The number of amides is 2. The number of aromatic nitrogens is 1. The van der Waals surface area contributed by atoms with Crippen molar-refractivity contribution in [2.45, 2.75) is 32.7 Å². The summed E-state index contributed by atoms with van der Waals surface area (Å²) in [5.41, 5.74) is 3.31. The van der Waals surface area contributed by atoms with Crippen molar-refractivity contribution in [3.63, 3.8) is 0 Å². The van der Waals surface area contributed by atoms with Crippen LogP contribution in [0.2, 0.25) is 5.02 Å². The fraction of sp³-hybridized carbons (Fsp3) is 0.296. The van der Waals surface area contributed by atoms with Gasteiger partial charge in [0.25, 0.3) is 5.91 Å². The van der Waals surface area contributed by atoms with Crippen LogP contribution in [0.15, 0.2) is 66.9 Å². The Kier molecular flexibility index (Phi) is 7.48. The van der Waals surface area contributed by atoms with Gasteiger partial charge in [0.15, 0.2) is 0 Å². The van der Waals surface area contributed by atoms with Gasteiger partial charge >= 0.3 is 6.09 Å². The standard InChI is InChI=1S/C27H28ClN3O3/c1-18-19(2)29-15-12-24(18)34-27(33)31-16-13-21(14-17-31)25(20-6-4-3-5-7-20)30-26(32)22-8-10-23(28)11-9-22/h3-12,15,21,25H,13-14,16-17H2,1-2H3,(H,30,32)/t25-/m1/s1. The largest absolute Gasteiger partial charge is 0.415 e. The lowest BCUT2D eigenvalue weighted by atomic mass is 9.85. The van der Waals surface area contributed by atoms with Crippen LogP contribution in [0, 0.1) is 19.8 Å². The summed E-state index contributed by atoms with van der Waals surface area (Å²) in [6.45, 7) is 4.91. The second-order valence-corrected chi connectivity index (χ2v) is 9.02. The molecule has 34 heavy (non-hydrogen) atoms. The highest BCUT2D eigenvalue weighted by atomic mass is 35.5. The molecule has 0 bridgehead atoms. The van der Waals surface area contributed by atoms with Crippen molar-refractivity contribution in [3.05, 3.63) is 94.3 Å². The molecule has 1 fully saturated rings. The number of piperidine rings is 1. The lowest BCUT2D eigenvalue weighted by molar-refractivity contribution is 0.0885. The average Bonchev–Trinajstić information content (AvgIpc) is 2.86. The third kappa shape index (κ3) is 5.57. The summed E-state index contributed by atoms with van der Waals surface area (Å²) in [7, 11) is 0. The van der Waals surface area contributed by atoms with Crippen molar-refractivity contribution in [1.29, 1.82) is 0 Å². The highest BCUT2D eigenvalue weighted by molar-refractivity contribution is 6.30. The van der Waals surface area contributed by atoms with Gasteiger partial charge < -0.3 is 15.0 Å². The third-order valence-corrected chi connectivity index (χ3v) is 6.68. The number of hydrogen-bond donors (Lipinski definition) is 1. The fourth-order valence-electron chi connectivity index (χ4n) is 4.26. The molecule has 0 spiro atoms. The van der Waals surface area contributed by atoms with Crippen LogP contribution < -0.4 is 10.1 Å². The van der Waals surface area contributed by atoms with Gasteiger partial charge in [-0.2, -0.15) is 0 Å². The van der Waals surface area contributed by atoms with E-state index < -0.39 is 0 Å². The molecule has 0 aliphatic carbocycles. The Labute approximate surface area is 204 Å². The zero-order valence-corrected chi connectivity index (χ0v) is 20.1. The van der Waals surface area contributed by atoms with E-state index in [1.807, 2.05) is 44.2 Å². The average molecular weight is 478 g/mol. The molecule has 2 heterocycles. The first-order valence-corrected chi connectivity index (χ1v) is 11.8. The van der Waals surface area contributed by atoms with Crippen LogP contribution in [0.4, 0.5) is 4.79 Å². The van der Waals surface area contributed by atoms with Gasteiger partial charge in [0.1, 0.15) is 5.75 Å². The van der Waals surface area contributed by atoms with Crippen molar-refractivity contribution >= 4 is 23.6 Å². The van der Waals surface area contributed by atoms with Gasteiger partial charge in [-0.3, -0.25) is 9.78 Å². The van der Waals surface area contributed by atoms with E-state index in [4.69, 9.17) is 16.3 Å². The van der Waals surface area contributed by atoms with E-state index in [-0.39, 0.29) is 24.0 Å². The van der Waals surface area contributed by atoms with E-state index >= 15 is 0 Å². The number of likely N-dealkylation sites (tertiary alicyclic amines) is 1. The van der Waals surface area contributed by atoms with E-state index in [2.05, 4.69) is 10.3 Å². The molecule has 0 radical (unpaired) electrons. The molecule has 3 aromatic rings. The summed E-state index contributed by atoms with van der Waals surface area (Å²) >= 11 is 5.97. The molecule has 0 saturated carbocycles. The van der Waals surface area contributed by atoms with Gasteiger partial charge in [0, 0.05) is 41.1 Å². The number of carbonyl (C=O) groups excluding carboxylic acids is 2. The van der Waals surface area contributed by atoms with E-state index in [1.54, 1.807) is 41.4 Å². The fourth-order valence-corrected chi connectivity index (χ4v) is 4.39. The maximum absolute atomic E-state index is 13.0. The molecule has 1 N–H and O–H groups in total. The van der Waals surface area contributed by atoms with Gasteiger partial charge in [-0.15, -0.1) is 0 Å². The second kappa shape index (κ2) is 10.7. The summed E-state index contributed by atoms with van der Waals surface area (Å²) in [6, 6.07) is 18.4. The molecule has 1 aromatic heterocycles. The minimum atomic E-state index is -0.353. The number of nitrogens with zero attached hydrogens (tertiary/aromatic N) is 2. The smallest absolute Gasteiger partial charge is 0.410 e. The predicted octanol–water partition coefficient (Wildman–Crippen LogP) is 5.73. The lowest BCUT2D eigenvalue weighted by Crippen LogP contribution is -2.44. The number of rotatable bonds is 5. The molecule has 6 nitrogen and oxygen atoms in total. The molecule has 1 saturated heterocycles. The van der Waals surface area contributed by atoms with Crippen LogP contribution in [-0.2, 0) is 0 Å². The summed E-state index contributed by atoms with van der Waals surface area (Å²) in [5.74, 6) is 0.584. The van der Waals surface area contributed by atoms with Crippen molar-refractivity contribution < 1.29 is 14.3 Å². The molecule has 2 amide bonds.